The SMILES string of the molecule is CS(=O)(=O)c1ccc(N[C@H]2CCN(C3CCN(c4ncc(C(F)(F)F)cc4F)CC3)C2=O)c(F)c1. The number of benzene rings is 1. The second-order valence-electron chi connectivity index (χ2n) is 8.68. The molecule has 1 amide bonds. The molecule has 0 unspecified atom stereocenters. The first-order chi connectivity index (χ1) is 16.3. The Kier molecular flexibility index (Phi) is 6.64. The smallest absolute Gasteiger partial charge is 0.371 e. The first kappa shape index (κ1) is 25.1. The number of piperidine rings is 1. The summed E-state index contributed by atoms with van der Waals surface area (Å²) in [4.78, 5) is 19.7. The van der Waals surface area contributed by atoms with E-state index in [1.165, 1.54) is 12.1 Å². The highest BCUT2D eigenvalue weighted by Gasteiger charge is 2.38. The number of anilines is 2. The maximum atomic E-state index is 14.4. The highest BCUT2D eigenvalue weighted by Crippen LogP contribution is 2.32. The summed E-state index contributed by atoms with van der Waals surface area (Å²) < 4.78 is 90.1. The molecule has 2 aliphatic rings. The van der Waals surface area contributed by atoms with Gasteiger partial charge in [0, 0.05) is 38.1 Å². The molecule has 35 heavy (non-hydrogen) atoms. The summed E-state index contributed by atoms with van der Waals surface area (Å²) in [6.45, 7) is 1.05. The number of hydrogen-bond donors (Lipinski definition) is 1. The van der Waals surface area contributed by atoms with Crippen molar-refractivity contribution in [3.05, 3.63) is 47.7 Å². The van der Waals surface area contributed by atoms with Crippen LogP contribution in [-0.2, 0) is 20.8 Å². The minimum atomic E-state index is -4.68. The standard InChI is InChI=1S/C22H23F5N4O3S/c1-35(33,34)15-2-3-18(16(23)11-15)29-19-6-9-31(21(19)32)14-4-7-30(8-5-14)20-17(24)10-13(12-28-20)22(25,26)27/h2-3,10-12,14,19,29H,4-9H2,1H3/t19-/m0/s1. The van der Waals surface area contributed by atoms with Crippen molar-refractivity contribution in [3.63, 3.8) is 0 Å². The molecule has 1 aromatic heterocycles. The highest BCUT2D eigenvalue weighted by molar-refractivity contribution is 7.90. The molecule has 4 rings (SSSR count). The summed E-state index contributed by atoms with van der Waals surface area (Å²) in [6, 6.07) is 3.05. The van der Waals surface area contributed by atoms with Crippen molar-refractivity contribution in [1.82, 2.24) is 9.88 Å². The zero-order valence-corrected chi connectivity index (χ0v) is 19.5. The minimum Gasteiger partial charge on any atom is -0.371 e. The van der Waals surface area contributed by atoms with E-state index in [4.69, 9.17) is 0 Å². The molecule has 190 valence electrons. The lowest BCUT2D eigenvalue weighted by atomic mass is 10.0. The normalized spacial score (nSPS) is 19.9. The van der Waals surface area contributed by atoms with Gasteiger partial charge in [-0.3, -0.25) is 4.79 Å². The van der Waals surface area contributed by atoms with Crippen LogP contribution >= 0.6 is 0 Å². The number of aromatic nitrogens is 1. The molecule has 1 atom stereocenters. The molecule has 7 nitrogen and oxygen atoms in total. The van der Waals surface area contributed by atoms with Crippen molar-refractivity contribution >= 4 is 27.2 Å². The van der Waals surface area contributed by atoms with Gasteiger partial charge in [-0.2, -0.15) is 13.2 Å². The molecule has 2 aromatic rings. The molecular formula is C22H23F5N4O3S. The molecule has 2 saturated heterocycles. The number of sulfone groups is 1. The Bertz CT molecular complexity index is 1230. The predicted molar refractivity (Wildman–Crippen MR) is 118 cm³/mol. The largest absolute Gasteiger partial charge is 0.417 e. The van der Waals surface area contributed by atoms with Gasteiger partial charge in [-0.1, -0.05) is 0 Å². The number of rotatable bonds is 5. The third-order valence-electron chi connectivity index (χ3n) is 6.29. The van der Waals surface area contributed by atoms with Crippen molar-refractivity contribution in [2.75, 3.05) is 36.1 Å². The highest BCUT2D eigenvalue weighted by atomic mass is 32.2. The Balaban J connectivity index is 1.36. The van der Waals surface area contributed by atoms with E-state index < -0.39 is 39.3 Å². The second kappa shape index (κ2) is 9.25. The molecule has 3 heterocycles. The van der Waals surface area contributed by atoms with Gasteiger partial charge in [-0.15, -0.1) is 0 Å². The Morgan fingerprint density at radius 2 is 1.71 bits per heavy atom. The number of likely N-dealkylation sites (tertiary alicyclic amines) is 1. The van der Waals surface area contributed by atoms with Gasteiger partial charge in [0.15, 0.2) is 21.5 Å². The van der Waals surface area contributed by atoms with Gasteiger partial charge in [0.1, 0.15) is 11.9 Å². The fourth-order valence-corrected chi connectivity index (χ4v) is 5.07. The van der Waals surface area contributed by atoms with Gasteiger partial charge >= 0.3 is 6.18 Å². The number of alkyl halides is 3. The lowest BCUT2D eigenvalue weighted by Crippen LogP contribution is -2.47. The lowest BCUT2D eigenvalue weighted by Gasteiger charge is -2.37. The Hall–Kier alpha value is -2.96. The van der Waals surface area contributed by atoms with Crippen molar-refractivity contribution < 1.29 is 35.2 Å². The third kappa shape index (κ3) is 5.34. The number of carbonyl (C=O) groups is 1. The van der Waals surface area contributed by atoms with Crippen LogP contribution in [0.1, 0.15) is 24.8 Å². The van der Waals surface area contributed by atoms with E-state index in [0.29, 0.717) is 51.2 Å². The summed E-state index contributed by atoms with van der Waals surface area (Å²) in [5, 5.41) is 2.84. The summed E-state index contributed by atoms with van der Waals surface area (Å²) in [6.07, 6.45) is -1.75. The topological polar surface area (TPSA) is 82.6 Å². The lowest BCUT2D eigenvalue weighted by molar-refractivity contribution is -0.138. The third-order valence-corrected chi connectivity index (χ3v) is 7.40. The molecular weight excluding hydrogens is 495 g/mol. The van der Waals surface area contributed by atoms with Crippen LogP contribution < -0.4 is 10.2 Å². The molecule has 2 fully saturated rings. The van der Waals surface area contributed by atoms with E-state index in [0.717, 1.165) is 12.3 Å². The maximum absolute atomic E-state index is 14.4. The Morgan fingerprint density at radius 3 is 2.29 bits per heavy atom. The van der Waals surface area contributed by atoms with E-state index in [1.54, 1.807) is 9.80 Å². The minimum absolute atomic E-state index is 0.0243. The van der Waals surface area contributed by atoms with Gasteiger partial charge in [0.25, 0.3) is 0 Å². The van der Waals surface area contributed by atoms with Crippen LogP contribution in [0.5, 0.6) is 0 Å². The van der Waals surface area contributed by atoms with Crippen LogP contribution in [0.4, 0.5) is 33.5 Å². The zero-order valence-electron chi connectivity index (χ0n) is 18.6. The van der Waals surface area contributed by atoms with E-state index in [9.17, 15) is 35.2 Å². The van der Waals surface area contributed by atoms with Crippen molar-refractivity contribution in [3.8, 4) is 0 Å². The van der Waals surface area contributed by atoms with E-state index in [-0.39, 0.29) is 28.3 Å². The van der Waals surface area contributed by atoms with Gasteiger partial charge in [-0.05, 0) is 43.5 Å². The molecule has 0 saturated carbocycles. The van der Waals surface area contributed by atoms with Crippen LogP contribution in [0.15, 0.2) is 35.4 Å². The average Bonchev–Trinajstić information content (AvgIpc) is 3.14. The summed E-state index contributed by atoms with van der Waals surface area (Å²) >= 11 is 0. The van der Waals surface area contributed by atoms with Gasteiger partial charge in [0.2, 0.25) is 5.91 Å². The average molecular weight is 519 g/mol. The Labute approximate surface area is 198 Å². The Morgan fingerprint density at radius 1 is 1.03 bits per heavy atom. The van der Waals surface area contributed by atoms with Gasteiger partial charge in [-0.25, -0.2) is 22.2 Å². The van der Waals surface area contributed by atoms with Crippen molar-refractivity contribution in [2.45, 2.75) is 42.4 Å². The monoisotopic (exact) mass is 518 g/mol. The zero-order chi connectivity index (χ0) is 25.5. The fourth-order valence-electron chi connectivity index (χ4n) is 4.44. The second-order valence-corrected chi connectivity index (χ2v) is 10.7. The maximum Gasteiger partial charge on any atom is 0.417 e. The number of pyridine rings is 1. The molecule has 0 spiro atoms. The van der Waals surface area contributed by atoms with Crippen LogP contribution in [-0.4, -0.2) is 62.2 Å². The number of nitrogens with one attached hydrogen (secondary N) is 1. The van der Waals surface area contributed by atoms with E-state index in [1.807, 2.05) is 0 Å². The molecule has 1 N–H and O–H groups in total. The predicted octanol–water partition coefficient (Wildman–Crippen LogP) is 3.46. The van der Waals surface area contributed by atoms with Crippen molar-refractivity contribution in [1.29, 1.82) is 0 Å². The number of halogens is 5. The van der Waals surface area contributed by atoms with E-state index >= 15 is 0 Å². The van der Waals surface area contributed by atoms with Gasteiger partial charge in [0.05, 0.1) is 16.1 Å². The summed E-state index contributed by atoms with van der Waals surface area (Å²) in [5.41, 5.74) is -1.13. The molecule has 13 heteroatoms. The first-order valence-electron chi connectivity index (χ1n) is 10.9. The number of hydrogen-bond acceptors (Lipinski definition) is 6. The molecule has 2 aliphatic heterocycles. The van der Waals surface area contributed by atoms with E-state index in [2.05, 4.69) is 10.3 Å². The molecule has 0 aliphatic carbocycles. The summed E-state index contributed by atoms with van der Waals surface area (Å²) in [7, 11) is -3.56. The van der Waals surface area contributed by atoms with Crippen LogP contribution in [0.25, 0.3) is 0 Å². The van der Waals surface area contributed by atoms with Gasteiger partial charge < -0.3 is 15.1 Å². The molecule has 0 radical (unpaired) electrons. The quantitative estimate of drug-likeness (QED) is 0.611. The van der Waals surface area contributed by atoms with Crippen LogP contribution in [0.3, 0.4) is 0 Å². The summed E-state index contributed by atoms with van der Waals surface area (Å²) in [5.74, 6) is -2.21. The first-order valence-corrected chi connectivity index (χ1v) is 12.8. The molecule has 1 aromatic carbocycles. The number of amides is 1. The fraction of sp³-hybridized carbons (Fsp3) is 0.455. The van der Waals surface area contributed by atoms with Crippen LogP contribution in [0, 0.1) is 11.6 Å². The van der Waals surface area contributed by atoms with Crippen LogP contribution in [0.2, 0.25) is 0 Å². The number of nitrogens with zero attached hydrogens (tertiary/aromatic N) is 3. The number of carbonyl (C=O) groups excluding carboxylic acids is 1. The molecule has 0 bridgehead atoms. The van der Waals surface area contributed by atoms with Crippen molar-refractivity contribution in [2.24, 2.45) is 0 Å².